The van der Waals surface area contributed by atoms with E-state index in [4.69, 9.17) is 11.6 Å². The minimum absolute atomic E-state index is 0.00717. The van der Waals surface area contributed by atoms with Crippen molar-refractivity contribution in [2.75, 3.05) is 13.1 Å². The number of pyridine rings is 1. The second-order valence-corrected chi connectivity index (χ2v) is 6.06. The molecular weight excluding hydrogens is 344 g/mol. The molecule has 3 rings (SSSR count). The molecule has 0 radical (unpaired) electrons. The predicted octanol–water partition coefficient (Wildman–Crippen LogP) is 1.37. The summed E-state index contributed by atoms with van der Waals surface area (Å²) in [5.74, 6) is -5.87. The summed E-state index contributed by atoms with van der Waals surface area (Å²) in [5.41, 5.74) is 0.151. The lowest BCUT2D eigenvalue weighted by Gasteiger charge is -2.43. The van der Waals surface area contributed by atoms with Gasteiger partial charge in [0.2, 0.25) is 11.6 Å². The van der Waals surface area contributed by atoms with Gasteiger partial charge in [0, 0.05) is 26.2 Å². The van der Waals surface area contributed by atoms with Gasteiger partial charge < -0.3 is 10.2 Å². The van der Waals surface area contributed by atoms with E-state index in [1.54, 1.807) is 0 Å². The fourth-order valence-corrected chi connectivity index (χ4v) is 2.85. The average Bonchev–Trinajstić information content (AvgIpc) is 2.49. The maximum absolute atomic E-state index is 12.9. The van der Waals surface area contributed by atoms with Crippen molar-refractivity contribution in [2.45, 2.75) is 18.9 Å². The van der Waals surface area contributed by atoms with Gasteiger partial charge in [0.25, 0.3) is 5.91 Å². The Bertz CT molecular complexity index is 782. The summed E-state index contributed by atoms with van der Waals surface area (Å²) >= 11 is 6.01. The lowest BCUT2D eigenvalue weighted by Crippen LogP contribution is -2.61. The van der Waals surface area contributed by atoms with Crippen molar-refractivity contribution in [3.05, 3.63) is 40.3 Å². The third-order valence-electron chi connectivity index (χ3n) is 3.82. The van der Waals surface area contributed by atoms with Crippen LogP contribution in [0.15, 0.2) is 29.1 Å². The maximum atomic E-state index is 12.9. The van der Waals surface area contributed by atoms with E-state index in [-0.39, 0.29) is 35.1 Å². The summed E-state index contributed by atoms with van der Waals surface area (Å²) in [6.07, 6.45) is 1.39. The first-order valence-corrected chi connectivity index (χ1v) is 7.46. The van der Waals surface area contributed by atoms with Crippen molar-refractivity contribution < 1.29 is 23.2 Å². The minimum atomic E-state index is -3.47. The smallest absolute Gasteiger partial charge is 0.321 e. The zero-order chi connectivity index (χ0) is 17.6. The molecule has 1 aromatic rings. The second-order valence-electron chi connectivity index (χ2n) is 5.68. The topological polar surface area (TPSA) is 79.4 Å². The summed E-state index contributed by atoms with van der Waals surface area (Å²) in [5, 5.41) is 1.93. The summed E-state index contributed by atoms with van der Waals surface area (Å²) in [6.45, 7) is 0.732. The number of likely N-dealkylation sites (tertiary alicyclic amines) is 1. The second kappa shape index (κ2) is 5.62. The van der Waals surface area contributed by atoms with Gasteiger partial charge in [-0.15, -0.1) is 0 Å². The van der Waals surface area contributed by atoms with Gasteiger partial charge in [-0.05, 0) is 12.1 Å². The van der Waals surface area contributed by atoms with Gasteiger partial charge >= 0.3 is 5.92 Å². The lowest BCUT2D eigenvalue weighted by atomic mass is 9.94. The lowest BCUT2D eigenvalue weighted by molar-refractivity contribution is -0.144. The number of carbonyl (C=O) groups is 3. The number of nitrogens with zero attached hydrogens (tertiary/aromatic N) is 2. The molecule has 0 unspecified atom stereocenters. The van der Waals surface area contributed by atoms with Gasteiger partial charge in [0.15, 0.2) is 0 Å². The molecule has 0 bridgehead atoms. The number of nitrogens with one attached hydrogen (secondary N) is 1. The van der Waals surface area contributed by atoms with Crippen molar-refractivity contribution in [1.82, 2.24) is 15.2 Å². The molecule has 1 N–H and O–H groups in total. The van der Waals surface area contributed by atoms with E-state index >= 15 is 0 Å². The first-order chi connectivity index (χ1) is 11.2. The fraction of sp³-hybridized carbons (Fsp3) is 0.333. The van der Waals surface area contributed by atoms with E-state index in [9.17, 15) is 23.2 Å². The van der Waals surface area contributed by atoms with E-state index in [2.05, 4.69) is 10.3 Å². The molecule has 2 aliphatic rings. The number of aromatic nitrogens is 1. The first-order valence-electron chi connectivity index (χ1n) is 7.08. The molecule has 0 atom stereocenters. The van der Waals surface area contributed by atoms with Crippen LogP contribution in [0.4, 0.5) is 8.78 Å². The number of hydrogen-bond acceptors (Lipinski definition) is 5. The summed E-state index contributed by atoms with van der Waals surface area (Å²) in [4.78, 5) is 41.3. The SMILES string of the molecule is CC(F)(F)C(=O)NC1CN(C2=C(Cl)C(=O)c3ncccc3C2=O)C1. The van der Waals surface area contributed by atoms with Crippen molar-refractivity contribution in [1.29, 1.82) is 0 Å². The van der Waals surface area contributed by atoms with Gasteiger partial charge in [-0.25, -0.2) is 0 Å². The van der Waals surface area contributed by atoms with Crippen LogP contribution in [0.25, 0.3) is 0 Å². The third-order valence-corrected chi connectivity index (χ3v) is 4.17. The number of hydrogen-bond donors (Lipinski definition) is 1. The Labute approximate surface area is 140 Å². The van der Waals surface area contributed by atoms with E-state index in [1.807, 2.05) is 0 Å². The molecule has 0 saturated carbocycles. The molecule has 24 heavy (non-hydrogen) atoms. The Morgan fingerprint density at radius 1 is 1.38 bits per heavy atom. The highest BCUT2D eigenvalue weighted by Crippen LogP contribution is 2.31. The Morgan fingerprint density at radius 3 is 2.67 bits per heavy atom. The van der Waals surface area contributed by atoms with Gasteiger partial charge in [0.05, 0.1) is 11.6 Å². The van der Waals surface area contributed by atoms with Crippen LogP contribution in [0.2, 0.25) is 0 Å². The van der Waals surface area contributed by atoms with Crippen LogP contribution in [-0.4, -0.2) is 52.4 Å². The molecule has 1 amide bonds. The fourth-order valence-electron chi connectivity index (χ4n) is 2.56. The van der Waals surface area contributed by atoms with Crippen LogP contribution >= 0.6 is 11.6 Å². The average molecular weight is 356 g/mol. The van der Waals surface area contributed by atoms with Gasteiger partial charge in [-0.2, -0.15) is 8.78 Å². The Morgan fingerprint density at radius 2 is 2.04 bits per heavy atom. The Hall–Kier alpha value is -2.35. The molecule has 0 spiro atoms. The number of alkyl halides is 2. The van der Waals surface area contributed by atoms with Crippen molar-refractivity contribution >= 4 is 29.1 Å². The molecule has 0 aromatic carbocycles. The number of carbonyl (C=O) groups excluding carboxylic acids is 3. The van der Waals surface area contributed by atoms with Crippen LogP contribution in [0.1, 0.15) is 27.8 Å². The molecule has 1 aromatic heterocycles. The predicted molar refractivity (Wildman–Crippen MR) is 79.9 cm³/mol. The van der Waals surface area contributed by atoms with Crippen LogP contribution in [-0.2, 0) is 4.79 Å². The standard InChI is InChI=1S/C15H12ClF2N3O3/c1-15(17,18)14(24)20-7-5-21(6-7)11-9(16)13(23)10-8(12(11)22)3-2-4-19-10/h2-4,7H,5-6H2,1H3,(H,20,24). The van der Waals surface area contributed by atoms with E-state index < -0.39 is 29.4 Å². The maximum Gasteiger partial charge on any atom is 0.321 e. The normalized spacial score (nSPS) is 18.4. The highest BCUT2D eigenvalue weighted by atomic mass is 35.5. The van der Waals surface area contributed by atoms with Crippen LogP contribution in [0, 0.1) is 0 Å². The Kier molecular flexibility index (Phi) is 3.87. The number of Topliss-reactive ketones (excluding diaryl/α,β-unsaturated/α-hetero) is 2. The van der Waals surface area contributed by atoms with Crippen molar-refractivity contribution in [2.24, 2.45) is 0 Å². The number of allylic oxidation sites excluding steroid dienone is 2. The molecule has 9 heteroatoms. The minimum Gasteiger partial charge on any atom is -0.363 e. The molecule has 2 heterocycles. The quantitative estimate of drug-likeness (QED) is 0.885. The molecule has 126 valence electrons. The van der Waals surface area contributed by atoms with Crippen LogP contribution in [0.5, 0.6) is 0 Å². The number of rotatable bonds is 3. The van der Waals surface area contributed by atoms with E-state index in [0.717, 1.165) is 0 Å². The van der Waals surface area contributed by atoms with Crippen molar-refractivity contribution in [3.63, 3.8) is 0 Å². The Balaban J connectivity index is 1.75. The number of ketones is 2. The zero-order valence-electron chi connectivity index (χ0n) is 12.5. The number of fused-ring (bicyclic) bond motifs is 1. The highest BCUT2D eigenvalue weighted by Gasteiger charge is 2.42. The zero-order valence-corrected chi connectivity index (χ0v) is 13.2. The molecule has 1 fully saturated rings. The summed E-state index contributed by atoms with van der Waals surface area (Å²) in [6, 6.07) is 2.46. The van der Waals surface area contributed by atoms with Gasteiger partial charge in [0.1, 0.15) is 16.4 Å². The molecule has 6 nitrogen and oxygen atoms in total. The third kappa shape index (κ3) is 2.66. The molecule has 1 aliphatic carbocycles. The summed E-state index contributed by atoms with van der Waals surface area (Å²) in [7, 11) is 0. The van der Waals surface area contributed by atoms with Crippen LogP contribution in [0.3, 0.4) is 0 Å². The molecule has 1 aliphatic heterocycles. The number of amides is 1. The highest BCUT2D eigenvalue weighted by molar-refractivity contribution is 6.49. The monoisotopic (exact) mass is 355 g/mol. The van der Waals surface area contributed by atoms with Gasteiger partial charge in [-0.1, -0.05) is 11.6 Å². The number of halogens is 3. The molecular formula is C15H12ClF2N3O3. The first kappa shape index (κ1) is 16.5. The van der Waals surface area contributed by atoms with E-state index in [0.29, 0.717) is 6.92 Å². The summed E-state index contributed by atoms with van der Waals surface area (Å²) < 4.78 is 25.7. The van der Waals surface area contributed by atoms with Crippen molar-refractivity contribution in [3.8, 4) is 0 Å². The largest absolute Gasteiger partial charge is 0.363 e. The van der Waals surface area contributed by atoms with E-state index in [1.165, 1.54) is 23.2 Å². The van der Waals surface area contributed by atoms with Crippen LogP contribution < -0.4 is 5.32 Å². The molecule has 1 saturated heterocycles. The van der Waals surface area contributed by atoms with Gasteiger partial charge in [-0.3, -0.25) is 19.4 Å².